The predicted octanol–water partition coefficient (Wildman–Crippen LogP) is 2.18. The average molecular weight is 588 g/mol. The van der Waals surface area contributed by atoms with Gasteiger partial charge in [0.15, 0.2) is 10.7 Å². The molecule has 0 aromatic carbocycles. The molecule has 2 fully saturated rings. The first-order chi connectivity index (χ1) is 17.5. The van der Waals surface area contributed by atoms with Gasteiger partial charge in [-0.3, -0.25) is 23.8 Å². The smallest absolute Gasteiger partial charge is 0.355 e. The molecule has 0 radical (unpaired) electrons. The predicted molar refractivity (Wildman–Crippen MR) is 139 cm³/mol. The molecule has 3 aliphatic heterocycles. The molecule has 3 unspecified atom stereocenters. The maximum absolute atomic E-state index is 14.9. The number of thioether (sulfide) groups is 1. The zero-order valence-corrected chi connectivity index (χ0v) is 24.3. The molecule has 0 aliphatic carbocycles. The maximum atomic E-state index is 14.9. The molecule has 0 bridgehead atoms. The van der Waals surface area contributed by atoms with E-state index in [1.165, 1.54) is 35.9 Å². The molecule has 13 nitrogen and oxygen atoms in total. The summed E-state index contributed by atoms with van der Waals surface area (Å²) in [6.07, 6.45) is -0.141. The first kappa shape index (κ1) is 28.6. The van der Waals surface area contributed by atoms with E-state index in [1.54, 1.807) is 20.8 Å². The third-order valence-corrected chi connectivity index (χ3v) is 11.7. The molecule has 1 aromatic rings. The van der Waals surface area contributed by atoms with Crippen LogP contribution in [0.1, 0.15) is 53.7 Å². The fourth-order valence-electron chi connectivity index (χ4n) is 4.64. The van der Waals surface area contributed by atoms with Crippen LogP contribution in [-0.4, -0.2) is 72.0 Å². The Morgan fingerprint density at radius 2 is 2.03 bits per heavy atom. The number of ether oxygens (including phenoxy) is 2. The number of carbonyl (C=O) groups is 4. The lowest BCUT2D eigenvalue weighted by Gasteiger charge is -2.55. The number of carbonyl (C=O) groups excluding carboxylic acids is 4. The molecule has 1 aromatic heterocycles. The molecule has 16 heteroatoms. The van der Waals surface area contributed by atoms with Crippen molar-refractivity contribution in [1.82, 2.24) is 20.0 Å². The van der Waals surface area contributed by atoms with Gasteiger partial charge in [0.25, 0.3) is 11.4 Å². The van der Waals surface area contributed by atoms with Crippen molar-refractivity contribution in [3.8, 4) is 0 Å². The van der Waals surface area contributed by atoms with Crippen molar-refractivity contribution in [3.63, 3.8) is 0 Å². The highest BCUT2D eigenvalue weighted by atomic mass is 32.2. The Morgan fingerprint density at radius 3 is 2.53 bits per heavy atom. The van der Waals surface area contributed by atoms with Crippen LogP contribution < -0.4 is 11.1 Å². The molecular weight excluding hydrogens is 557 g/mol. The van der Waals surface area contributed by atoms with E-state index in [4.69, 9.17) is 15.2 Å². The van der Waals surface area contributed by atoms with Gasteiger partial charge in [-0.2, -0.15) is 0 Å². The highest BCUT2D eigenvalue weighted by molar-refractivity contribution is 8.00. The summed E-state index contributed by atoms with van der Waals surface area (Å²) in [6, 6.07) is 0. The van der Waals surface area contributed by atoms with Crippen molar-refractivity contribution in [2.24, 2.45) is 0 Å². The quantitative estimate of drug-likeness (QED) is 0.260. The Kier molecular flexibility index (Phi) is 7.01. The number of nitrogens with one attached hydrogen (secondary N) is 1. The molecule has 0 spiro atoms. The van der Waals surface area contributed by atoms with Crippen LogP contribution in [0.15, 0.2) is 16.7 Å². The number of esters is 2. The van der Waals surface area contributed by atoms with Gasteiger partial charge in [0.05, 0.1) is 17.5 Å². The van der Waals surface area contributed by atoms with E-state index in [9.17, 15) is 29.0 Å². The van der Waals surface area contributed by atoms with Crippen molar-refractivity contribution < 1.29 is 38.4 Å². The molecule has 2 amide bonds. The minimum atomic E-state index is -4.41. The molecule has 2 saturated heterocycles. The summed E-state index contributed by atoms with van der Waals surface area (Å²) in [6.45, 7) is 8.76. The number of nitrogens with two attached hydrogens (primary N) is 1. The highest BCUT2D eigenvalue weighted by Gasteiger charge is 2.70. The summed E-state index contributed by atoms with van der Waals surface area (Å²) in [4.78, 5) is 58.2. The van der Waals surface area contributed by atoms with Crippen LogP contribution in [0, 0.1) is 0 Å². The van der Waals surface area contributed by atoms with Crippen molar-refractivity contribution in [3.05, 3.63) is 22.3 Å². The molecule has 4 heterocycles. The molecule has 208 valence electrons. The third-order valence-electron chi connectivity index (χ3n) is 6.52. The van der Waals surface area contributed by atoms with E-state index < -0.39 is 53.0 Å². The Bertz CT molecular complexity index is 1310. The molecule has 4 atom stereocenters. The lowest BCUT2D eigenvalue weighted by Crippen LogP contribution is -2.70. The van der Waals surface area contributed by atoms with Crippen LogP contribution in [0.2, 0.25) is 0 Å². The Hall–Kier alpha value is -2.45. The largest absolute Gasteiger partial charge is 0.455 e. The molecule has 4 N–H and O–H groups in total. The van der Waals surface area contributed by atoms with Gasteiger partial charge in [-0.05, 0) is 27.7 Å². The van der Waals surface area contributed by atoms with Gasteiger partial charge in [-0.25, -0.2) is 9.78 Å². The van der Waals surface area contributed by atoms with Crippen LogP contribution in [0.4, 0.5) is 5.13 Å². The maximum Gasteiger partial charge on any atom is 0.355 e. The van der Waals surface area contributed by atoms with Gasteiger partial charge >= 0.3 is 11.9 Å². The topological polar surface area (TPSA) is 181 Å². The monoisotopic (exact) mass is 587 g/mol. The van der Waals surface area contributed by atoms with Crippen molar-refractivity contribution >= 4 is 59.3 Å². The van der Waals surface area contributed by atoms with E-state index in [2.05, 4.69) is 10.3 Å². The van der Waals surface area contributed by atoms with Gasteiger partial charge in [0, 0.05) is 29.8 Å². The SMILES string of the molecule is CCP1(=O)N(O)C(C)(c2csc(N)n2)C(=O)NC1(OC(C)=O)C1=C(C(=O)OC(C)(C)C)N2C(=O)C[C@H]2SC1. The number of thiazole rings is 1. The first-order valence-corrected chi connectivity index (χ1v) is 15.5. The average Bonchev–Trinajstić information content (AvgIpc) is 3.25. The second-order valence-corrected chi connectivity index (χ2v) is 15.3. The number of hydrogen-bond acceptors (Lipinski definition) is 12. The number of anilines is 1. The summed E-state index contributed by atoms with van der Waals surface area (Å²) in [7, 11) is -4.41. The molecular formula is C22H30N5O8PS2. The standard InChI is InChI=1S/C22H30N5O8PS2/c1-7-36(33)22(34-11(2)28,25-18(31)21(6,27(36)32)13-10-38-19(23)24-13)12-9-37-15-8-14(29)26(15)16(12)17(30)35-20(3,4)5/h10,15,32H,7-9H2,1-6H3,(H2,23,24)(H,25,31)/t15-,21?,22?,36?/m1/s1. The fourth-order valence-corrected chi connectivity index (χ4v) is 9.72. The van der Waals surface area contributed by atoms with Crippen LogP contribution >= 0.6 is 30.4 Å². The van der Waals surface area contributed by atoms with E-state index >= 15 is 0 Å². The van der Waals surface area contributed by atoms with Crippen LogP contribution in [0.25, 0.3) is 0 Å². The number of aromatic nitrogens is 1. The van der Waals surface area contributed by atoms with Gasteiger partial charge in [0.2, 0.25) is 13.2 Å². The van der Waals surface area contributed by atoms with Crippen molar-refractivity contribution in [1.29, 1.82) is 0 Å². The number of amides is 2. The summed E-state index contributed by atoms with van der Waals surface area (Å²) < 4.78 is 26.2. The number of β-lactam (4-membered cyclic amide) rings is 1. The summed E-state index contributed by atoms with van der Waals surface area (Å²) in [5.41, 5.74) is -0.0300. The number of nitrogens with zero attached hydrogens (tertiary/aromatic N) is 3. The minimum Gasteiger partial charge on any atom is -0.455 e. The molecule has 4 rings (SSSR count). The molecule has 38 heavy (non-hydrogen) atoms. The van der Waals surface area contributed by atoms with E-state index in [0.29, 0.717) is 4.83 Å². The van der Waals surface area contributed by atoms with Crippen molar-refractivity contribution in [2.45, 2.75) is 69.9 Å². The lowest BCUT2D eigenvalue weighted by atomic mass is 9.97. The fraction of sp³-hybridized carbons (Fsp3) is 0.591. The first-order valence-electron chi connectivity index (χ1n) is 11.7. The van der Waals surface area contributed by atoms with Crippen molar-refractivity contribution in [2.75, 3.05) is 17.6 Å². The second-order valence-electron chi connectivity index (χ2n) is 10.2. The summed E-state index contributed by atoms with van der Waals surface area (Å²) in [5, 5.41) is 15.3. The Balaban J connectivity index is 2.00. The number of rotatable bonds is 5. The van der Waals surface area contributed by atoms with Gasteiger partial charge in [0.1, 0.15) is 11.3 Å². The number of fused-ring (bicyclic) bond motifs is 1. The third kappa shape index (κ3) is 4.15. The van der Waals surface area contributed by atoms with Crippen LogP contribution in [0.5, 0.6) is 0 Å². The lowest BCUT2D eigenvalue weighted by molar-refractivity contribution is -0.173. The van der Waals surface area contributed by atoms with Gasteiger partial charge in [-0.15, -0.1) is 27.9 Å². The van der Waals surface area contributed by atoms with Crippen LogP contribution in [0.3, 0.4) is 0 Å². The number of nitrogen functional groups attached to an aromatic ring is 1. The van der Waals surface area contributed by atoms with E-state index in [0.717, 1.165) is 18.3 Å². The summed E-state index contributed by atoms with van der Waals surface area (Å²) in [5.74, 6) is -3.21. The summed E-state index contributed by atoms with van der Waals surface area (Å²) >= 11 is 2.27. The molecule has 0 saturated carbocycles. The Labute approximate surface area is 227 Å². The second kappa shape index (κ2) is 9.33. The number of hydrogen-bond donors (Lipinski definition) is 3. The van der Waals surface area contributed by atoms with Gasteiger partial charge < -0.3 is 25.7 Å². The van der Waals surface area contributed by atoms with Crippen LogP contribution in [-0.2, 0) is 38.8 Å². The number of hydroxylamine groups is 1. The zero-order valence-electron chi connectivity index (χ0n) is 21.8. The van der Waals surface area contributed by atoms with E-state index in [-0.39, 0.29) is 40.4 Å². The normalized spacial score (nSPS) is 31.9. The van der Waals surface area contributed by atoms with E-state index in [1.807, 2.05) is 0 Å². The zero-order chi connectivity index (χ0) is 28.4. The Morgan fingerprint density at radius 1 is 1.37 bits per heavy atom. The molecule has 3 aliphatic rings. The highest BCUT2D eigenvalue weighted by Crippen LogP contribution is 2.69. The minimum absolute atomic E-state index is 0.0300. The van der Waals surface area contributed by atoms with Gasteiger partial charge in [-0.1, -0.05) is 6.92 Å².